The van der Waals surface area contributed by atoms with Crippen LogP contribution in [-0.4, -0.2) is 29.5 Å². The summed E-state index contributed by atoms with van der Waals surface area (Å²) in [5.74, 6) is 0. The van der Waals surface area contributed by atoms with Crippen molar-refractivity contribution in [2.75, 3.05) is 6.61 Å². The van der Waals surface area contributed by atoms with Gasteiger partial charge in [0.2, 0.25) is 10.4 Å². The molecule has 3 aromatic rings. The number of para-hydroxylation sites is 4. The van der Waals surface area contributed by atoms with Gasteiger partial charge in [-0.3, -0.25) is 4.18 Å². The average molecular weight is 305 g/mol. The fourth-order valence-corrected chi connectivity index (χ4v) is 2.00. The maximum absolute atomic E-state index is 9.45. The highest BCUT2D eigenvalue weighted by Gasteiger charge is 1.98. The van der Waals surface area contributed by atoms with Gasteiger partial charge in [0.05, 0.1) is 28.7 Å². The van der Waals surface area contributed by atoms with E-state index in [1.807, 2.05) is 48.5 Å². The lowest BCUT2D eigenvalue weighted by molar-refractivity contribution is 0.275. The van der Waals surface area contributed by atoms with Gasteiger partial charge in [-0.25, -0.2) is 18.4 Å². The molecule has 0 aliphatic rings. The molecule has 2 aromatic carbocycles. The topological polar surface area (TPSA) is 92.2 Å². The molecular formula is C14H13N2O4S-. The van der Waals surface area contributed by atoms with Crippen molar-refractivity contribution in [1.29, 1.82) is 0 Å². The molecule has 0 N–H and O–H groups in total. The van der Waals surface area contributed by atoms with Gasteiger partial charge in [0, 0.05) is 0 Å². The van der Waals surface area contributed by atoms with Crippen molar-refractivity contribution in [1.82, 2.24) is 9.97 Å². The van der Waals surface area contributed by atoms with Crippen molar-refractivity contribution in [2.24, 2.45) is 0 Å². The molecule has 3 rings (SSSR count). The van der Waals surface area contributed by atoms with Gasteiger partial charge in [0.1, 0.15) is 0 Å². The van der Waals surface area contributed by atoms with Crippen LogP contribution in [-0.2, 0) is 14.6 Å². The first-order chi connectivity index (χ1) is 9.99. The van der Waals surface area contributed by atoms with E-state index in [0.29, 0.717) is 0 Å². The lowest BCUT2D eigenvalue weighted by Gasteiger charge is -2.02. The van der Waals surface area contributed by atoms with Crippen LogP contribution in [0.1, 0.15) is 6.92 Å². The minimum absolute atomic E-state index is 0.0914. The van der Waals surface area contributed by atoms with E-state index in [1.54, 1.807) is 0 Å². The molecule has 0 unspecified atom stereocenters. The molecule has 0 spiro atoms. The molecule has 7 heteroatoms. The SMILES string of the molecule is CCOS(=O)(=O)[O-].c1ccc2nc3ccccc3nc2c1. The monoisotopic (exact) mass is 305 g/mol. The molecule has 6 nitrogen and oxygen atoms in total. The minimum atomic E-state index is -4.42. The molecule has 0 saturated carbocycles. The second-order valence-electron chi connectivity index (χ2n) is 4.02. The third-order valence-corrected chi connectivity index (χ3v) is 3.03. The smallest absolute Gasteiger partial charge is 0.217 e. The largest absolute Gasteiger partial charge is 0.726 e. The lowest BCUT2D eigenvalue weighted by Crippen LogP contribution is -2.02. The molecule has 21 heavy (non-hydrogen) atoms. The van der Waals surface area contributed by atoms with E-state index in [2.05, 4.69) is 14.2 Å². The van der Waals surface area contributed by atoms with Gasteiger partial charge in [-0.15, -0.1) is 0 Å². The van der Waals surface area contributed by atoms with Crippen molar-refractivity contribution < 1.29 is 17.2 Å². The quantitative estimate of drug-likeness (QED) is 0.409. The Morgan fingerprint density at radius 2 is 1.24 bits per heavy atom. The molecule has 0 saturated heterocycles. The van der Waals surface area contributed by atoms with Crippen LogP contribution < -0.4 is 0 Å². The first kappa shape index (κ1) is 15.3. The van der Waals surface area contributed by atoms with Crippen molar-refractivity contribution in [3.05, 3.63) is 48.5 Å². The highest BCUT2D eigenvalue weighted by molar-refractivity contribution is 7.80. The Morgan fingerprint density at radius 1 is 0.905 bits per heavy atom. The zero-order valence-electron chi connectivity index (χ0n) is 11.3. The van der Waals surface area contributed by atoms with E-state index in [0.717, 1.165) is 22.1 Å². The summed E-state index contributed by atoms with van der Waals surface area (Å²) in [6.07, 6.45) is 0. The first-order valence-corrected chi connectivity index (χ1v) is 7.54. The van der Waals surface area contributed by atoms with E-state index in [4.69, 9.17) is 0 Å². The van der Waals surface area contributed by atoms with Gasteiger partial charge in [-0.05, 0) is 31.2 Å². The fraction of sp³-hybridized carbons (Fsp3) is 0.143. The highest BCUT2D eigenvalue weighted by Crippen LogP contribution is 2.14. The lowest BCUT2D eigenvalue weighted by atomic mass is 10.2. The second-order valence-corrected chi connectivity index (χ2v) is 5.07. The van der Waals surface area contributed by atoms with Gasteiger partial charge < -0.3 is 4.55 Å². The number of hydrogen-bond donors (Lipinski definition) is 0. The van der Waals surface area contributed by atoms with Crippen LogP contribution >= 0.6 is 0 Å². The molecule has 0 aliphatic carbocycles. The summed E-state index contributed by atoms with van der Waals surface area (Å²) in [5.41, 5.74) is 3.80. The Bertz CT molecular complexity index is 745. The molecule has 0 atom stereocenters. The minimum Gasteiger partial charge on any atom is -0.726 e. The molecule has 0 amide bonds. The van der Waals surface area contributed by atoms with Crippen LogP contribution in [0, 0.1) is 0 Å². The third kappa shape index (κ3) is 4.45. The fourth-order valence-electron chi connectivity index (χ4n) is 1.71. The molecular weight excluding hydrogens is 292 g/mol. The summed E-state index contributed by atoms with van der Waals surface area (Å²) < 4.78 is 32.0. The van der Waals surface area contributed by atoms with Crippen molar-refractivity contribution >= 4 is 32.5 Å². The Labute approximate surface area is 122 Å². The predicted octanol–water partition coefficient (Wildman–Crippen LogP) is 2.27. The first-order valence-electron chi connectivity index (χ1n) is 6.21. The number of rotatable bonds is 2. The van der Waals surface area contributed by atoms with Crippen molar-refractivity contribution in [3.63, 3.8) is 0 Å². The van der Waals surface area contributed by atoms with Crippen LogP contribution in [0.5, 0.6) is 0 Å². The molecule has 0 radical (unpaired) electrons. The molecule has 0 aliphatic heterocycles. The van der Waals surface area contributed by atoms with Gasteiger partial charge in [-0.1, -0.05) is 24.3 Å². The summed E-state index contributed by atoms with van der Waals surface area (Å²) >= 11 is 0. The molecule has 1 heterocycles. The van der Waals surface area contributed by atoms with Crippen molar-refractivity contribution in [3.8, 4) is 0 Å². The van der Waals surface area contributed by atoms with Crippen LogP contribution in [0.3, 0.4) is 0 Å². The zero-order chi connectivity index (χ0) is 15.3. The molecule has 110 valence electrons. The van der Waals surface area contributed by atoms with Gasteiger partial charge in [0.15, 0.2) is 0 Å². The maximum Gasteiger partial charge on any atom is 0.217 e. The summed E-state index contributed by atoms with van der Waals surface area (Å²) in [6.45, 7) is 1.33. The summed E-state index contributed by atoms with van der Waals surface area (Å²) in [7, 11) is -4.42. The number of aromatic nitrogens is 2. The van der Waals surface area contributed by atoms with Crippen LogP contribution in [0.4, 0.5) is 0 Å². The van der Waals surface area contributed by atoms with E-state index in [1.165, 1.54) is 6.92 Å². The van der Waals surface area contributed by atoms with Crippen LogP contribution in [0.15, 0.2) is 48.5 Å². The Hall–Kier alpha value is -2.09. The normalized spacial score (nSPS) is 11.1. The van der Waals surface area contributed by atoms with Crippen LogP contribution in [0.25, 0.3) is 22.1 Å². The molecule has 1 aromatic heterocycles. The average Bonchev–Trinajstić information content (AvgIpc) is 2.44. The number of nitrogens with zero attached hydrogens (tertiary/aromatic N) is 2. The van der Waals surface area contributed by atoms with E-state index >= 15 is 0 Å². The van der Waals surface area contributed by atoms with E-state index in [9.17, 15) is 13.0 Å². The Morgan fingerprint density at radius 3 is 1.43 bits per heavy atom. The summed E-state index contributed by atoms with van der Waals surface area (Å²) in [5, 5.41) is 0. The van der Waals surface area contributed by atoms with Crippen molar-refractivity contribution in [2.45, 2.75) is 6.92 Å². The van der Waals surface area contributed by atoms with E-state index < -0.39 is 10.4 Å². The summed E-state index contributed by atoms with van der Waals surface area (Å²) in [6, 6.07) is 15.8. The Kier molecular flexibility index (Phi) is 4.79. The summed E-state index contributed by atoms with van der Waals surface area (Å²) in [4.78, 5) is 9.03. The number of fused-ring (bicyclic) bond motifs is 2. The number of hydrogen-bond acceptors (Lipinski definition) is 6. The molecule has 0 bridgehead atoms. The third-order valence-electron chi connectivity index (χ3n) is 2.51. The van der Waals surface area contributed by atoms with Gasteiger partial charge in [-0.2, -0.15) is 0 Å². The highest BCUT2D eigenvalue weighted by atomic mass is 32.3. The second kappa shape index (κ2) is 6.57. The maximum atomic E-state index is 9.45. The number of benzene rings is 2. The molecule has 0 fully saturated rings. The standard InChI is InChI=1S/C12H8N2.C2H6O4S/c1-2-6-10-9(5-1)13-11-7-3-4-8-12(11)14-10;1-2-6-7(3,4)5/h1-8H;2H2,1H3,(H,3,4,5)/p-1. The van der Waals surface area contributed by atoms with Gasteiger partial charge in [0.25, 0.3) is 0 Å². The van der Waals surface area contributed by atoms with Gasteiger partial charge >= 0.3 is 0 Å². The van der Waals surface area contributed by atoms with E-state index in [-0.39, 0.29) is 6.61 Å². The Balaban J connectivity index is 0.000000199. The van der Waals surface area contributed by atoms with Crippen LogP contribution in [0.2, 0.25) is 0 Å². The predicted molar refractivity (Wildman–Crippen MR) is 78.4 cm³/mol. The zero-order valence-corrected chi connectivity index (χ0v) is 12.1.